The molecule has 1 N–H and O–H groups in total. The molecule has 5 nitrogen and oxygen atoms in total. The van der Waals surface area contributed by atoms with Crippen LogP contribution >= 0.6 is 0 Å². The Labute approximate surface area is 208 Å². The normalized spacial score (nSPS) is 28.2. The fourth-order valence-electron chi connectivity index (χ4n) is 7.07. The van der Waals surface area contributed by atoms with E-state index in [-0.39, 0.29) is 18.5 Å². The zero-order chi connectivity index (χ0) is 24.6. The van der Waals surface area contributed by atoms with Gasteiger partial charge in [-0.1, -0.05) is 24.3 Å². The molecule has 35 heavy (non-hydrogen) atoms. The van der Waals surface area contributed by atoms with E-state index in [4.69, 9.17) is 14.2 Å². The van der Waals surface area contributed by atoms with Gasteiger partial charge in [0.05, 0.1) is 5.56 Å². The van der Waals surface area contributed by atoms with Gasteiger partial charge in [0.1, 0.15) is 5.75 Å². The van der Waals surface area contributed by atoms with Gasteiger partial charge in [-0.25, -0.2) is 4.79 Å². The molecule has 4 saturated carbocycles. The van der Waals surface area contributed by atoms with E-state index < -0.39 is 5.97 Å². The molecular weight excluding hydrogens is 440 g/mol. The maximum Gasteiger partial charge on any atom is 0.335 e. The van der Waals surface area contributed by atoms with Crippen LogP contribution in [-0.4, -0.2) is 31.3 Å². The smallest absolute Gasteiger partial charge is 0.335 e. The lowest BCUT2D eigenvalue weighted by Crippen LogP contribution is -2.48. The minimum absolute atomic E-state index is 0.165. The molecule has 5 heteroatoms. The van der Waals surface area contributed by atoms with Crippen molar-refractivity contribution in [2.45, 2.75) is 64.1 Å². The number of aromatic carboxylic acids is 1. The molecule has 0 aliphatic heterocycles. The van der Waals surface area contributed by atoms with Crippen LogP contribution in [0, 0.1) is 17.8 Å². The first kappa shape index (κ1) is 24.1. The van der Waals surface area contributed by atoms with E-state index in [2.05, 4.69) is 31.2 Å². The molecule has 0 amide bonds. The predicted octanol–water partition coefficient (Wildman–Crippen LogP) is 6.76. The molecule has 4 aliphatic rings. The molecular formula is C30H36O5. The van der Waals surface area contributed by atoms with Crippen molar-refractivity contribution >= 4 is 17.6 Å². The minimum atomic E-state index is -0.906. The molecule has 1 unspecified atom stereocenters. The lowest BCUT2D eigenvalue weighted by Gasteiger charge is -2.57. The molecule has 6 rings (SSSR count). The average molecular weight is 477 g/mol. The van der Waals surface area contributed by atoms with Crippen molar-refractivity contribution in [1.82, 2.24) is 0 Å². The number of ether oxygens (including phenoxy) is 3. The van der Waals surface area contributed by atoms with Gasteiger partial charge in [0.2, 0.25) is 0 Å². The molecule has 2 aromatic carbocycles. The summed E-state index contributed by atoms with van der Waals surface area (Å²) in [5, 5.41) is 9.17. The number of methoxy groups -OCH3 is 1. The van der Waals surface area contributed by atoms with E-state index in [1.165, 1.54) is 49.7 Å². The first-order valence-electron chi connectivity index (χ1n) is 12.8. The van der Waals surface area contributed by atoms with Gasteiger partial charge in [0.25, 0.3) is 0 Å². The first-order chi connectivity index (χ1) is 16.8. The summed E-state index contributed by atoms with van der Waals surface area (Å²) in [4.78, 5) is 11.2. The van der Waals surface area contributed by atoms with E-state index >= 15 is 0 Å². The number of carboxylic acid groups (broad SMARTS) is 1. The van der Waals surface area contributed by atoms with Gasteiger partial charge in [0, 0.05) is 12.7 Å². The lowest BCUT2D eigenvalue weighted by atomic mass is 9.48. The Hall–Kier alpha value is -2.63. The van der Waals surface area contributed by atoms with Crippen LogP contribution in [0.25, 0.3) is 11.6 Å². The fourth-order valence-corrected chi connectivity index (χ4v) is 7.07. The third kappa shape index (κ3) is 5.03. The van der Waals surface area contributed by atoms with Crippen molar-refractivity contribution < 1.29 is 24.1 Å². The van der Waals surface area contributed by atoms with Gasteiger partial charge in [-0.05, 0) is 117 Å². The molecule has 0 saturated heterocycles. The molecule has 4 aliphatic carbocycles. The molecule has 4 bridgehead atoms. The zero-order valence-electron chi connectivity index (χ0n) is 21.0. The Morgan fingerprint density at radius 3 is 2.20 bits per heavy atom. The van der Waals surface area contributed by atoms with Gasteiger partial charge >= 0.3 is 5.97 Å². The molecule has 0 spiro atoms. The van der Waals surface area contributed by atoms with E-state index in [9.17, 15) is 9.90 Å². The maximum absolute atomic E-state index is 11.2. The van der Waals surface area contributed by atoms with Crippen molar-refractivity contribution in [3.63, 3.8) is 0 Å². The molecule has 0 radical (unpaired) electrons. The Morgan fingerprint density at radius 2 is 1.63 bits per heavy atom. The van der Waals surface area contributed by atoms with Crippen LogP contribution in [0.2, 0.25) is 0 Å². The molecule has 1 atom stereocenters. The predicted molar refractivity (Wildman–Crippen MR) is 136 cm³/mol. The van der Waals surface area contributed by atoms with Crippen molar-refractivity contribution in [1.29, 1.82) is 0 Å². The Balaban J connectivity index is 1.46. The van der Waals surface area contributed by atoms with Crippen LogP contribution in [0.15, 0.2) is 42.5 Å². The van der Waals surface area contributed by atoms with Crippen molar-refractivity contribution in [2.24, 2.45) is 17.8 Å². The van der Waals surface area contributed by atoms with E-state index in [1.54, 1.807) is 19.2 Å². The van der Waals surface area contributed by atoms with Crippen LogP contribution in [0.4, 0.5) is 0 Å². The van der Waals surface area contributed by atoms with Crippen LogP contribution < -0.4 is 4.74 Å². The first-order valence-corrected chi connectivity index (χ1v) is 12.8. The highest BCUT2D eigenvalue weighted by molar-refractivity contribution is 5.88. The summed E-state index contributed by atoms with van der Waals surface area (Å²) >= 11 is 0. The lowest BCUT2D eigenvalue weighted by molar-refractivity contribution is -0.150. The van der Waals surface area contributed by atoms with Crippen molar-refractivity contribution in [2.75, 3.05) is 13.9 Å². The SMILES string of the molecule is COC(C)OCOc1ccc(/C(C)=C\c2ccc(C(=O)O)cc2)cc1C12CC3CC(CC(C3)C1)C2. The number of allylic oxidation sites excluding steroid dienone is 1. The minimum Gasteiger partial charge on any atom is -0.478 e. The Kier molecular flexibility index (Phi) is 6.73. The average Bonchev–Trinajstić information content (AvgIpc) is 2.83. The third-order valence-corrected chi connectivity index (χ3v) is 8.43. The highest BCUT2D eigenvalue weighted by Crippen LogP contribution is 2.62. The second kappa shape index (κ2) is 9.79. The number of rotatable bonds is 9. The number of benzene rings is 2. The van der Waals surface area contributed by atoms with E-state index in [0.717, 1.165) is 34.6 Å². The van der Waals surface area contributed by atoms with Gasteiger partial charge in [-0.15, -0.1) is 0 Å². The van der Waals surface area contributed by atoms with Crippen molar-refractivity contribution in [3.8, 4) is 5.75 Å². The quantitative estimate of drug-likeness (QED) is 0.320. The standard InChI is InChI=1S/C30H36O5/c1-19(10-21-4-6-25(7-5-21)29(31)32)26-8-9-28(35-18-34-20(2)33-3)27(14-26)30-15-22-11-23(16-30)13-24(12-22)17-30/h4-10,14,20,22-24H,11-13,15-18H2,1-3H3,(H,31,32)/b19-10-. The summed E-state index contributed by atoms with van der Waals surface area (Å²) < 4.78 is 17.1. The Bertz CT molecular complexity index is 1060. The van der Waals surface area contributed by atoms with Crippen LogP contribution in [0.1, 0.15) is 79.4 Å². The number of hydrogen-bond acceptors (Lipinski definition) is 4. The summed E-state index contributed by atoms with van der Waals surface area (Å²) in [6, 6.07) is 13.6. The van der Waals surface area contributed by atoms with E-state index in [1.807, 2.05) is 19.1 Å². The third-order valence-electron chi connectivity index (χ3n) is 8.43. The summed E-state index contributed by atoms with van der Waals surface area (Å²) in [7, 11) is 1.63. The van der Waals surface area contributed by atoms with Crippen molar-refractivity contribution in [3.05, 3.63) is 64.7 Å². The number of carbonyl (C=O) groups is 1. The van der Waals surface area contributed by atoms with E-state index in [0.29, 0.717) is 5.56 Å². The monoisotopic (exact) mass is 476 g/mol. The zero-order valence-corrected chi connectivity index (χ0v) is 21.0. The van der Waals surface area contributed by atoms with Gasteiger partial charge in [-0.2, -0.15) is 0 Å². The molecule has 2 aromatic rings. The molecule has 0 aromatic heterocycles. The Morgan fingerprint density at radius 1 is 1.03 bits per heavy atom. The van der Waals surface area contributed by atoms with Crippen LogP contribution in [0.5, 0.6) is 5.75 Å². The summed E-state index contributed by atoms with van der Waals surface area (Å²) in [6.07, 6.45) is 9.77. The van der Waals surface area contributed by atoms with Crippen LogP contribution in [-0.2, 0) is 14.9 Å². The number of carboxylic acids is 1. The van der Waals surface area contributed by atoms with Crippen LogP contribution in [0.3, 0.4) is 0 Å². The second-order valence-electron chi connectivity index (χ2n) is 10.9. The molecule has 0 heterocycles. The molecule has 4 fully saturated rings. The largest absolute Gasteiger partial charge is 0.478 e. The second-order valence-corrected chi connectivity index (χ2v) is 10.9. The van der Waals surface area contributed by atoms with Gasteiger partial charge in [-0.3, -0.25) is 0 Å². The highest BCUT2D eigenvalue weighted by Gasteiger charge is 2.52. The summed E-state index contributed by atoms with van der Waals surface area (Å²) in [5.74, 6) is 2.54. The molecule has 186 valence electrons. The van der Waals surface area contributed by atoms with Gasteiger partial charge in [0.15, 0.2) is 13.1 Å². The summed E-state index contributed by atoms with van der Waals surface area (Å²) in [5.41, 5.74) is 5.14. The fraction of sp³-hybridized carbons (Fsp3) is 0.500. The number of hydrogen-bond donors (Lipinski definition) is 1. The topological polar surface area (TPSA) is 65.0 Å². The summed E-state index contributed by atoms with van der Waals surface area (Å²) in [6.45, 7) is 4.15. The maximum atomic E-state index is 11.2. The highest BCUT2D eigenvalue weighted by atomic mass is 16.7. The van der Waals surface area contributed by atoms with Gasteiger partial charge < -0.3 is 19.3 Å².